The Labute approximate surface area is 127 Å². The lowest BCUT2D eigenvalue weighted by Crippen LogP contribution is -2.59. The van der Waals surface area contributed by atoms with E-state index < -0.39 is 11.5 Å². The smallest absolute Gasteiger partial charge is 0.329 e. The molecule has 122 valence electrons. The number of unbranched alkanes of at least 4 members (excludes halogenated alkanes) is 1. The van der Waals surface area contributed by atoms with Gasteiger partial charge in [0.2, 0.25) is 0 Å². The number of carbonyl (C=O) groups excluding carboxylic acids is 1. The molecular formula is C16H30N2O3. The highest BCUT2D eigenvalue weighted by Crippen LogP contribution is 2.34. The normalized spacial score (nSPS) is 26.9. The first-order valence-corrected chi connectivity index (χ1v) is 8.25. The lowest BCUT2D eigenvalue weighted by Gasteiger charge is -2.37. The zero-order valence-corrected chi connectivity index (χ0v) is 13.6. The second kappa shape index (κ2) is 8.25. The van der Waals surface area contributed by atoms with Gasteiger partial charge >= 0.3 is 12.0 Å². The van der Waals surface area contributed by atoms with E-state index in [0.717, 1.165) is 38.5 Å². The molecule has 1 aliphatic rings. The molecule has 0 saturated heterocycles. The van der Waals surface area contributed by atoms with Crippen LogP contribution in [0.2, 0.25) is 0 Å². The summed E-state index contributed by atoms with van der Waals surface area (Å²) in [5.41, 5.74) is -1.08. The maximum absolute atomic E-state index is 12.1. The minimum absolute atomic E-state index is 0.0720. The summed E-state index contributed by atoms with van der Waals surface area (Å²) in [6.45, 7) is 6.20. The third-order valence-electron chi connectivity index (χ3n) is 4.67. The third kappa shape index (κ3) is 5.21. The average molecular weight is 298 g/mol. The van der Waals surface area contributed by atoms with Gasteiger partial charge in [0.25, 0.3) is 0 Å². The number of carbonyl (C=O) groups is 2. The van der Waals surface area contributed by atoms with Gasteiger partial charge in [0.05, 0.1) is 0 Å². The second-order valence-corrected chi connectivity index (χ2v) is 6.38. The summed E-state index contributed by atoms with van der Waals surface area (Å²) in [5.74, 6) is -0.320. The molecule has 1 aliphatic carbocycles. The van der Waals surface area contributed by atoms with E-state index in [1.165, 1.54) is 0 Å². The Morgan fingerprint density at radius 3 is 2.38 bits per heavy atom. The number of hydrogen-bond acceptors (Lipinski definition) is 2. The number of carboxylic acid groups (broad SMARTS) is 1. The van der Waals surface area contributed by atoms with Crippen molar-refractivity contribution in [2.45, 2.75) is 83.7 Å². The van der Waals surface area contributed by atoms with Gasteiger partial charge in [-0.1, -0.05) is 33.1 Å². The Morgan fingerprint density at radius 1 is 1.29 bits per heavy atom. The molecule has 0 aromatic heterocycles. The van der Waals surface area contributed by atoms with Crippen LogP contribution < -0.4 is 10.6 Å². The number of urea groups is 1. The standard InChI is InChI=1S/C16H30N2O3/c1-4-6-7-12(3)17-15(21)18-16(14(19)20)10-8-13(5-2)9-11-16/h12-13H,4-11H2,1-3H3,(H,19,20)(H2,17,18,21). The Hall–Kier alpha value is -1.26. The first kappa shape index (κ1) is 17.8. The number of rotatable bonds is 7. The lowest BCUT2D eigenvalue weighted by atomic mass is 9.75. The van der Waals surface area contributed by atoms with E-state index in [1.54, 1.807) is 0 Å². The minimum Gasteiger partial charge on any atom is -0.480 e. The highest BCUT2D eigenvalue weighted by molar-refractivity contribution is 5.86. The van der Waals surface area contributed by atoms with Gasteiger partial charge in [-0.25, -0.2) is 9.59 Å². The summed E-state index contributed by atoms with van der Waals surface area (Å²) in [6, 6.07) is -0.279. The average Bonchev–Trinajstić information content (AvgIpc) is 2.45. The maximum atomic E-state index is 12.1. The molecule has 5 nitrogen and oxygen atoms in total. The van der Waals surface area contributed by atoms with Gasteiger partial charge in [0, 0.05) is 6.04 Å². The van der Waals surface area contributed by atoms with Gasteiger partial charge < -0.3 is 15.7 Å². The van der Waals surface area contributed by atoms with Crippen LogP contribution >= 0.6 is 0 Å². The summed E-state index contributed by atoms with van der Waals surface area (Å²) >= 11 is 0. The number of nitrogens with one attached hydrogen (secondary N) is 2. The van der Waals surface area contributed by atoms with E-state index in [9.17, 15) is 14.7 Å². The number of carboxylic acids is 1. The molecule has 0 aromatic rings. The summed E-state index contributed by atoms with van der Waals surface area (Å²) in [4.78, 5) is 23.7. The molecule has 0 radical (unpaired) electrons. The third-order valence-corrected chi connectivity index (χ3v) is 4.67. The zero-order valence-electron chi connectivity index (χ0n) is 13.6. The molecule has 1 saturated carbocycles. The van der Waals surface area contributed by atoms with E-state index in [1.807, 2.05) is 6.92 Å². The largest absolute Gasteiger partial charge is 0.480 e. The maximum Gasteiger partial charge on any atom is 0.329 e. The van der Waals surface area contributed by atoms with Gasteiger partial charge in [-0.3, -0.25) is 0 Å². The van der Waals surface area contributed by atoms with Crippen molar-refractivity contribution < 1.29 is 14.7 Å². The topological polar surface area (TPSA) is 78.4 Å². The predicted molar refractivity (Wildman–Crippen MR) is 83.3 cm³/mol. The first-order valence-electron chi connectivity index (χ1n) is 8.25. The molecule has 1 atom stereocenters. The number of amides is 2. The number of hydrogen-bond donors (Lipinski definition) is 3. The van der Waals surface area contributed by atoms with Gasteiger partial charge in [-0.2, -0.15) is 0 Å². The summed E-state index contributed by atoms with van der Waals surface area (Å²) in [6.07, 6.45) is 6.94. The Balaban J connectivity index is 2.55. The Kier molecular flexibility index (Phi) is 6.99. The van der Waals surface area contributed by atoms with Gasteiger partial charge in [-0.05, 0) is 44.9 Å². The van der Waals surface area contributed by atoms with Crippen LogP contribution in [0.1, 0.15) is 72.1 Å². The van der Waals surface area contributed by atoms with Crippen molar-refractivity contribution in [3.05, 3.63) is 0 Å². The van der Waals surface area contributed by atoms with Crippen LogP contribution in [0.25, 0.3) is 0 Å². The van der Waals surface area contributed by atoms with Crippen LogP contribution in [-0.2, 0) is 4.79 Å². The van der Waals surface area contributed by atoms with Crippen LogP contribution in [0.3, 0.4) is 0 Å². The SMILES string of the molecule is CCCCC(C)NC(=O)NC1(C(=O)O)CCC(CC)CC1. The quantitative estimate of drug-likeness (QED) is 0.675. The van der Waals surface area contributed by atoms with Crippen molar-refractivity contribution in [2.24, 2.45) is 5.92 Å². The molecule has 21 heavy (non-hydrogen) atoms. The molecule has 1 rings (SSSR count). The van der Waals surface area contributed by atoms with Crippen LogP contribution in [0.15, 0.2) is 0 Å². The summed E-state index contributed by atoms with van der Waals surface area (Å²) in [5, 5.41) is 15.1. The van der Waals surface area contributed by atoms with Crippen molar-refractivity contribution in [1.29, 1.82) is 0 Å². The van der Waals surface area contributed by atoms with Crippen LogP contribution in [0, 0.1) is 5.92 Å². The van der Waals surface area contributed by atoms with Crippen molar-refractivity contribution in [3.8, 4) is 0 Å². The van der Waals surface area contributed by atoms with Crippen molar-refractivity contribution >= 4 is 12.0 Å². The highest BCUT2D eigenvalue weighted by atomic mass is 16.4. The Bertz CT molecular complexity index is 349. The van der Waals surface area contributed by atoms with E-state index in [4.69, 9.17) is 0 Å². The van der Waals surface area contributed by atoms with Crippen molar-refractivity contribution in [1.82, 2.24) is 10.6 Å². The molecule has 0 heterocycles. The second-order valence-electron chi connectivity index (χ2n) is 6.38. The molecule has 0 aliphatic heterocycles. The Morgan fingerprint density at radius 2 is 1.90 bits per heavy atom. The molecule has 0 aromatic carbocycles. The molecule has 1 fully saturated rings. The lowest BCUT2D eigenvalue weighted by molar-refractivity contribution is -0.146. The fourth-order valence-corrected chi connectivity index (χ4v) is 3.03. The van der Waals surface area contributed by atoms with Crippen molar-refractivity contribution in [3.63, 3.8) is 0 Å². The fraction of sp³-hybridized carbons (Fsp3) is 0.875. The van der Waals surface area contributed by atoms with E-state index >= 15 is 0 Å². The van der Waals surface area contributed by atoms with Crippen LogP contribution in [-0.4, -0.2) is 28.7 Å². The monoisotopic (exact) mass is 298 g/mol. The van der Waals surface area contributed by atoms with E-state index in [2.05, 4.69) is 24.5 Å². The predicted octanol–water partition coefficient (Wildman–Crippen LogP) is 3.29. The zero-order chi connectivity index (χ0) is 15.9. The minimum atomic E-state index is -1.08. The highest BCUT2D eigenvalue weighted by Gasteiger charge is 2.43. The fourth-order valence-electron chi connectivity index (χ4n) is 3.03. The molecule has 0 spiro atoms. The van der Waals surface area contributed by atoms with E-state index in [0.29, 0.717) is 18.8 Å². The summed E-state index contributed by atoms with van der Waals surface area (Å²) < 4.78 is 0. The van der Waals surface area contributed by atoms with Gasteiger partial charge in [0.15, 0.2) is 0 Å². The molecule has 2 amide bonds. The molecule has 3 N–H and O–H groups in total. The molecule has 0 bridgehead atoms. The molecule has 5 heteroatoms. The van der Waals surface area contributed by atoms with Gasteiger partial charge in [-0.15, -0.1) is 0 Å². The van der Waals surface area contributed by atoms with Crippen LogP contribution in [0.5, 0.6) is 0 Å². The number of aliphatic carboxylic acids is 1. The molecular weight excluding hydrogens is 268 g/mol. The first-order chi connectivity index (χ1) is 9.93. The van der Waals surface area contributed by atoms with Crippen LogP contribution in [0.4, 0.5) is 4.79 Å². The molecule has 1 unspecified atom stereocenters. The van der Waals surface area contributed by atoms with Gasteiger partial charge in [0.1, 0.15) is 5.54 Å². The van der Waals surface area contributed by atoms with Crippen molar-refractivity contribution in [2.75, 3.05) is 0 Å². The van der Waals surface area contributed by atoms with E-state index in [-0.39, 0.29) is 12.1 Å². The summed E-state index contributed by atoms with van der Waals surface area (Å²) in [7, 11) is 0.